The Morgan fingerprint density at radius 2 is 2.17 bits per heavy atom. The van der Waals surface area contributed by atoms with Crippen molar-refractivity contribution >= 4 is 29.9 Å². The van der Waals surface area contributed by atoms with Gasteiger partial charge >= 0.3 is 0 Å². The highest BCUT2D eigenvalue weighted by Gasteiger charge is 2.34. The van der Waals surface area contributed by atoms with Crippen LogP contribution in [0.3, 0.4) is 0 Å². The minimum absolute atomic E-state index is 0. The van der Waals surface area contributed by atoms with Gasteiger partial charge in [-0.1, -0.05) is 6.42 Å². The lowest BCUT2D eigenvalue weighted by atomic mass is 9.84. The molecule has 7 heteroatoms. The summed E-state index contributed by atoms with van der Waals surface area (Å²) in [5.41, 5.74) is -0.0238. The first-order valence-electron chi connectivity index (χ1n) is 8.58. The molecule has 2 aliphatic rings. The first-order chi connectivity index (χ1) is 10.7. The molecule has 0 spiro atoms. The summed E-state index contributed by atoms with van der Waals surface area (Å²) in [6.07, 6.45) is 4.61. The lowest BCUT2D eigenvalue weighted by molar-refractivity contribution is 0.130. The van der Waals surface area contributed by atoms with E-state index in [1.54, 1.807) is 0 Å². The van der Waals surface area contributed by atoms with Crippen LogP contribution in [-0.2, 0) is 4.74 Å². The largest absolute Gasteiger partial charge is 0.396 e. The van der Waals surface area contributed by atoms with Crippen LogP contribution in [0.4, 0.5) is 0 Å². The van der Waals surface area contributed by atoms with Gasteiger partial charge in [0.25, 0.3) is 0 Å². The zero-order valence-corrected chi connectivity index (χ0v) is 16.4. The SMILES string of the molecule is CCNC(=NCC1(CCO)CCOC1)NCC1CCCC1O.I. The number of aliphatic hydroxyl groups excluding tert-OH is 2. The van der Waals surface area contributed by atoms with E-state index >= 15 is 0 Å². The third kappa shape index (κ3) is 6.36. The molecule has 23 heavy (non-hydrogen) atoms. The Morgan fingerprint density at radius 3 is 2.74 bits per heavy atom. The highest BCUT2D eigenvalue weighted by molar-refractivity contribution is 14.0. The Morgan fingerprint density at radius 1 is 1.35 bits per heavy atom. The predicted octanol–water partition coefficient (Wildman–Crippen LogP) is 1.11. The van der Waals surface area contributed by atoms with Gasteiger partial charge in [-0.05, 0) is 32.6 Å². The Balaban J connectivity index is 0.00000264. The molecule has 2 rings (SSSR count). The number of aliphatic imine (C=N–C) groups is 1. The smallest absolute Gasteiger partial charge is 0.191 e. The van der Waals surface area contributed by atoms with Crippen LogP contribution >= 0.6 is 24.0 Å². The van der Waals surface area contributed by atoms with Crippen molar-refractivity contribution in [1.82, 2.24) is 10.6 Å². The van der Waals surface area contributed by atoms with Gasteiger partial charge < -0.3 is 25.6 Å². The van der Waals surface area contributed by atoms with Crippen LogP contribution in [0, 0.1) is 11.3 Å². The number of guanidine groups is 1. The minimum Gasteiger partial charge on any atom is -0.396 e. The molecular weight excluding hydrogens is 409 g/mol. The highest BCUT2D eigenvalue weighted by Crippen LogP contribution is 2.32. The van der Waals surface area contributed by atoms with Crippen molar-refractivity contribution in [3.8, 4) is 0 Å². The second kappa shape index (κ2) is 10.7. The fourth-order valence-corrected chi connectivity index (χ4v) is 3.36. The Hall–Kier alpha value is -0.120. The molecule has 1 saturated heterocycles. The summed E-state index contributed by atoms with van der Waals surface area (Å²) in [6, 6.07) is 0. The van der Waals surface area contributed by atoms with Crippen LogP contribution in [0.2, 0.25) is 0 Å². The molecule has 0 aromatic heterocycles. The molecule has 1 saturated carbocycles. The zero-order valence-electron chi connectivity index (χ0n) is 14.1. The quantitative estimate of drug-likeness (QED) is 0.270. The van der Waals surface area contributed by atoms with Crippen LogP contribution in [0.25, 0.3) is 0 Å². The molecule has 3 atom stereocenters. The highest BCUT2D eigenvalue weighted by atomic mass is 127. The number of hydrogen-bond donors (Lipinski definition) is 4. The molecular formula is C16H32IN3O3. The van der Waals surface area contributed by atoms with Gasteiger partial charge in [0.05, 0.1) is 19.3 Å². The van der Waals surface area contributed by atoms with E-state index in [1.807, 2.05) is 6.92 Å². The molecule has 4 N–H and O–H groups in total. The average molecular weight is 441 g/mol. The van der Waals surface area contributed by atoms with Crippen LogP contribution < -0.4 is 10.6 Å². The average Bonchev–Trinajstić information content (AvgIpc) is 3.12. The van der Waals surface area contributed by atoms with Gasteiger partial charge in [0.2, 0.25) is 0 Å². The summed E-state index contributed by atoms with van der Waals surface area (Å²) >= 11 is 0. The third-order valence-corrected chi connectivity index (χ3v) is 4.89. The molecule has 1 heterocycles. The number of aliphatic hydroxyl groups is 2. The summed E-state index contributed by atoms with van der Waals surface area (Å²) in [5.74, 6) is 1.12. The summed E-state index contributed by atoms with van der Waals surface area (Å²) in [5, 5.41) is 25.8. The van der Waals surface area contributed by atoms with Gasteiger partial charge in [-0.15, -0.1) is 24.0 Å². The number of nitrogens with one attached hydrogen (secondary N) is 2. The summed E-state index contributed by atoms with van der Waals surface area (Å²) < 4.78 is 5.51. The summed E-state index contributed by atoms with van der Waals surface area (Å²) in [6.45, 7) is 5.89. The van der Waals surface area contributed by atoms with Gasteiger partial charge in [-0.2, -0.15) is 0 Å². The summed E-state index contributed by atoms with van der Waals surface area (Å²) in [4.78, 5) is 4.69. The van der Waals surface area contributed by atoms with Crippen molar-refractivity contribution in [3.05, 3.63) is 0 Å². The molecule has 0 radical (unpaired) electrons. The normalized spacial score (nSPS) is 31.0. The van der Waals surface area contributed by atoms with Crippen LogP contribution in [0.15, 0.2) is 4.99 Å². The van der Waals surface area contributed by atoms with Gasteiger partial charge in [0, 0.05) is 37.6 Å². The molecule has 0 aromatic carbocycles. The molecule has 3 unspecified atom stereocenters. The van der Waals surface area contributed by atoms with E-state index in [4.69, 9.17) is 9.73 Å². The van der Waals surface area contributed by atoms with Crippen LogP contribution in [-0.4, -0.2) is 61.7 Å². The van der Waals surface area contributed by atoms with Crippen LogP contribution in [0.5, 0.6) is 0 Å². The number of rotatable bonds is 7. The molecule has 6 nitrogen and oxygen atoms in total. The van der Waals surface area contributed by atoms with Crippen molar-refractivity contribution in [2.24, 2.45) is 16.3 Å². The molecule has 2 fully saturated rings. The fourth-order valence-electron chi connectivity index (χ4n) is 3.36. The second-order valence-corrected chi connectivity index (χ2v) is 6.61. The van der Waals surface area contributed by atoms with Gasteiger partial charge in [-0.3, -0.25) is 4.99 Å². The number of hydrogen-bond acceptors (Lipinski definition) is 4. The second-order valence-electron chi connectivity index (χ2n) is 6.61. The summed E-state index contributed by atoms with van der Waals surface area (Å²) in [7, 11) is 0. The van der Waals surface area contributed by atoms with Crippen molar-refractivity contribution in [3.63, 3.8) is 0 Å². The van der Waals surface area contributed by atoms with E-state index in [2.05, 4.69) is 10.6 Å². The maximum Gasteiger partial charge on any atom is 0.191 e. The van der Waals surface area contributed by atoms with Crippen LogP contribution in [0.1, 0.15) is 39.0 Å². The minimum atomic E-state index is -0.181. The van der Waals surface area contributed by atoms with E-state index in [-0.39, 0.29) is 42.1 Å². The van der Waals surface area contributed by atoms with Crippen molar-refractivity contribution in [1.29, 1.82) is 0 Å². The van der Waals surface area contributed by atoms with E-state index in [1.165, 1.54) is 0 Å². The number of ether oxygens (including phenoxy) is 1. The Kier molecular flexibility index (Phi) is 9.72. The Labute approximate surface area is 156 Å². The maximum absolute atomic E-state index is 9.90. The third-order valence-electron chi connectivity index (χ3n) is 4.89. The molecule has 1 aliphatic carbocycles. The van der Waals surface area contributed by atoms with E-state index in [9.17, 15) is 10.2 Å². The van der Waals surface area contributed by atoms with Gasteiger partial charge in [0.15, 0.2) is 5.96 Å². The van der Waals surface area contributed by atoms with Crippen molar-refractivity contribution < 1.29 is 14.9 Å². The fraction of sp³-hybridized carbons (Fsp3) is 0.938. The Bertz CT molecular complexity index is 362. The lowest BCUT2D eigenvalue weighted by Crippen LogP contribution is -2.42. The number of nitrogens with zero attached hydrogens (tertiary/aromatic N) is 1. The maximum atomic E-state index is 9.90. The lowest BCUT2D eigenvalue weighted by Gasteiger charge is -2.25. The topological polar surface area (TPSA) is 86.1 Å². The number of halogens is 1. The van der Waals surface area contributed by atoms with Crippen molar-refractivity contribution in [2.75, 3.05) is 39.5 Å². The predicted molar refractivity (Wildman–Crippen MR) is 102 cm³/mol. The first-order valence-corrected chi connectivity index (χ1v) is 8.58. The van der Waals surface area contributed by atoms with Crippen molar-refractivity contribution in [2.45, 2.75) is 45.1 Å². The molecule has 0 bridgehead atoms. The first kappa shape index (κ1) is 20.9. The zero-order chi connectivity index (χ0) is 15.8. The van der Waals surface area contributed by atoms with Gasteiger partial charge in [0.1, 0.15) is 0 Å². The molecule has 1 aliphatic heterocycles. The monoisotopic (exact) mass is 441 g/mol. The molecule has 0 amide bonds. The van der Waals surface area contributed by atoms with E-state index < -0.39 is 0 Å². The van der Waals surface area contributed by atoms with E-state index in [0.717, 1.165) is 57.8 Å². The standard InChI is InChI=1S/C16H31N3O3.HI/c1-2-17-15(18-10-13-4-3-5-14(13)21)19-11-16(6-8-20)7-9-22-12-16;/h13-14,20-21H,2-12H2,1H3,(H2,17,18,19);1H. The molecule has 0 aromatic rings. The van der Waals surface area contributed by atoms with E-state index in [0.29, 0.717) is 19.1 Å². The molecule has 136 valence electrons. The van der Waals surface area contributed by atoms with Gasteiger partial charge in [-0.25, -0.2) is 0 Å².